The fraction of sp³-hybridized carbons (Fsp3) is 0.333. The highest BCUT2D eigenvalue weighted by molar-refractivity contribution is 8.00. The number of rotatable bonds is 6. The third kappa shape index (κ3) is 4.29. The Morgan fingerprint density at radius 2 is 2.09 bits per heavy atom. The smallest absolute Gasteiger partial charge is 0.226 e. The number of anilines is 2. The van der Waals surface area contributed by atoms with Crippen LogP contribution in [0.4, 0.5) is 10.8 Å². The van der Waals surface area contributed by atoms with Gasteiger partial charge in [0.05, 0.1) is 5.75 Å². The highest BCUT2D eigenvalue weighted by Gasteiger charge is 2.11. The minimum atomic E-state index is 0.243. The Balaban J connectivity index is 1.58. The van der Waals surface area contributed by atoms with E-state index in [0.29, 0.717) is 17.5 Å². The molecule has 0 amide bonds. The number of aryl methyl sites for hydroxylation is 1. The van der Waals surface area contributed by atoms with E-state index in [1.807, 2.05) is 26.0 Å². The summed E-state index contributed by atoms with van der Waals surface area (Å²) in [7, 11) is 0. The summed E-state index contributed by atoms with van der Waals surface area (Å²) in [5.74, 6) is 2.12. The average molecular weight is 347 g/mol. The van der Waals surface area contributed by atoms with Gasteiger partial charge in [-0.1, -0.05) is 49.1 Å². The second-order valence-electron chi connectivity index (χ2n) is 5.35. The molecule has 0 spiro atoms. The molecule has 120 valence electrons. The zero-order valence-electron chi connectivity index (χ0n) is 13.1. The zero-order valence-corrected chi connectivity index (χ0v) is 14.7. The number of aromatic nitrogens is 4. The van der Waals surface area contributed by atoms with Gasteiger partial charge in [-0.15, -0.1) is 20.4 Å². The first-order valence-electron chi connectivity index (χ1n) is 7.22. The van der Waals surface area contributed by atoms with E-state index in [1.54, 1.807) is 11.8 Å². The SMILES string of the molecule is Cc1cccc(Nc2nnc(SCc3nnc(C(C)C)o3)s2)c1. The fourth-order valence-electron chi connectivity index (χ4n) is 1.85. The third-order valence-electron chi connectivity index (χ3n) is 2.97. The van der Waals surface area contributed by atoms with Gasteiger partial charge in [0.15, 0.2) is 4.34 Å². The first-order valence-corrected chi connectivity index (χ1v) is 9.02. The normalized spacial score (nSPS) is 11.1. The van der Waals surface area contributed by atoms with E-state index in [0.717, 1.165) is 15.2 Å². The lowest BCUT2D eigenvalue weighted by atomic mass is 10.2. The van der Waals surface area contributed by atoms with Crippen molar-refractivity contribution >= 4 is 33.9 Å². The highest BCUT2D eigenvalue weighted by atomic mass is 32.2. The van der Waals surface area contributed by atoms with Crippen LogP contribution in [-0.2, 0) is 5.75 Å². The van der Waals surface area contributed by atoms with Crippen LogP contribution in [0.25, 0.3) is 0 Å². The van der Waals surface area contributed by atoms with E-state index >= 15 is 0 Å². The lowest BCUT2D eigenvalue weighted by Crippen LogP contribution is -1.89. The predicted octanol–water partition coefficient (Wildman–Crippen LogP) is 4.39. The number of thioether (sulfide) groups is 1. The summed E-state index contributed by atoms with van der Waals surface area (Å²) < 4.78 is 6.45. The third-order valence-corrected chi connectivity index (χ3v) is 4.93. The predicted molar refractivity (Wildman–Crippen MR) is 92.3 cm³/mol. The molecule has 0 fully saturated rings. The Morgan fingerprint density at radius 1 is 1.22 bits per heavy atom. The van der Waals surface area contributed by atoms with Gasteiger partial charge in [-0.3, -0.25) is 0 Å². The molecule has 6 nitrogen and oxygen atoms in total. The summed E-state index contributed by atoms with van der Waals surface area (Å²) >= 11 is 3.05. The second kappa shape index (κ2) is 7.10. The second-order valence-corrected chi connectivity index (χ2v) is 7.55. The molecule has 0 bridgehead atoms. The van der Waals surface area contributed by atoms with Gasteiger partial charge in [-0.25, -0.2) is 0 Å². The lowest BCUT2D eigenvalue weighted by Gasteiger charge is -2.01. The van der Waals surface area contributed by atoms with Crippen LogP contribution >= 0.6 is 23.1 Å². The maximum Gasteiger partial charge on any atom is 0.226 e. The van der Waals surface area contributed by atoms with Crippen molar-refractivity contribution in [2.24, 2.45) is 0 Å². The minimum absolute atomic E-state index is 0.243. The number of nitrogens with zero attached hydrogens (tertiary/aromatic N) is 4. The molecule has 0 aliphatic heterocycles. The minimum Gasteiger partial charge on any atom is -0.424 e. The molecular formula is C15H17N5OS2. The Labute approximate surface area is 142 Å². The van der Waals surface area contributed by atoms with E-state index in [9.17, 15) is 0 Å². The van der Waals surface area contributed by atoms with Crippen molar-refractivity contribution in [1.29, 1.82) is 0 Å². The molecule has 2 aromatic heterocycles. The standard InChI is InChI=1S/C15H17N5OS2/c1-9(2)13-18-17-12(21-13)8-22-15-20-19-14(23-15)16-11-6-4-5-10(3)7-11/h4-7,9H,8H2,1-3H3,(H,16,19). The number of hydrogen-bond donors (Lipinski definition) is 1. The quantitative estimate of drug-likeness (QED) is 0.663. The van der Waals surface area contributed by atoms with Crippen molar-refractivity contribution in [3.05, 3.63) is 41.6 Å². The molecule has 1 N–H and O–H groups in total. The summed E-state index contributed by atoms with van der Waals surface area (Å²) in [6, 6.07) is 8.14. The van der Waals surface area contributed by atoms with Crippen molar-refractivity contribution in [3.8, 4) is 0 Å². The van der Waals surface area contributed by atoms with Crippen LogP contribution in [0.15, 0.2) is 33.0 Å². The van der Waals surface area contributed by atoms with Crippen LogP contribution in [-0.4, -0.2) is 20.4 Å². The van der Waals surface area contributed by atoms with E-state index < -0.39 is 0 Å². The number of hydrogen-bond acceptors (Lipinski definition) is 8. The molecule has 0 saturated heterocycles. The van der Waals surface area contributed by atoms with E-state index in [-0.39, 0.29) is 5.92 Å². The fourth-order valence-corrected chi connectivity index (χ4v) is 3.46. The van der Waals surface area contributed by atoms with E-state index in [1.165, 1.54) is 16.9 Å². The largest absolute Gasteiger partial charge is 0.424 e. The van der Waals surface area contributed by atoms with Gasteiger partial charge < -0.3 is 9.73 Å². The Hall–Kier alpha value is -1.93. The molecule has 0 radical (unpaired) electrons. The monoisotopic (exact) mass is 347 g/mol. The topological polar surface area (TPSA) is 76.7 Å². The lowest BCUT2D eigenvalue weighted by molar-refractivity contribution is 0.445. The molecule has 0 aliphatic carbocycles. The Kier molecular flexibility index (Phi) is 4.92. The molecule has 3 aromatic rings. The van der Waals surface area contributed by atoms with Crippen molar-refractivity contribution in [2.45, 2.75) is 36.8 Å². The van der Waals surface area contributed by atoms with Gasteiger partial charge in [0.1, 0.15) is 0 Å². The van der Waals surface area contributed by atoms with E-state index in [4.69, 9.17) is 4.42 Å². The van der Waals surface area contributed by atoms with Gasteiger partial charge >= 0.3 is 0 Å². The molecule has 8 heteroatoms. The van der Waals surface area contributed by atoms with Gasteiger partial charge in [0.25, 0.3) is 0 Å². The first kappa shape index (κ1) is 15.9. The van der Waals surface area contributed by atoms with Crippen LogP contribution in [0.2, 0.25) is 0 Å². The highest BCUT2D eigenvalue weighted by Crippen LogP contribution is 2.30. The van der Waals surface area contributed by atoms with Gasteiger partial charge in [-0.2, -0.15) is 0 Å². The molecular weight excluding hydrogens is 330 g/mol. The molecule has 0 atom stereocenters. The Morgan fingerprint density at radius 3 is 2.83 bits per heavy atom. The number of nitrogens with one attached hydrogen (secondary N) is 1. The van der Waals surface area contributed by atoms with Crippen LogP contribution in [0.5, 0.6) is 0 Å². The summed E-state index contributed by atoms with van der Waals surface area (Å²) in [5, 5.41) is 20.4. The molecule has 0 aliphatic rings. The molecule has 2 heterocycles. The Bertz CT molecular complexity index is 784. The van der Waals surface area contributed by atoms with Crippen LogP contribution in [0.1, 0.15) is 37.1 Å². The maximum atomic E-state index is 5.58. The summed E-state index contributed by atoms with van der Waals surface area (Å²) in [6.45, 7) is 6.11. The molecule has 1 aromatic carbocycles. The van der Waals surface area contributed by atoms with Crippen LogP contribution < -0.4 is 5.32 Å². The molecule has 0 unspecified atom stereocenters. The average Bonchev–Trinajstić information content (AvgIpc) is 3.14. The molecule has 23 heavy (non-hydrogen) atoms. The maximum absolute atomic E-state index is 5.58. The number of benzene rings is 1. The van der Waals surface area contributed by atoms with Gasteiger partial charge in [-0.05, 0) is 24.6 Å². The summed E-state index contributed by atoms with van der Waals surface area (Å²) in [5.41, 5.74) is 2.21. The first-order chi connectivity index (χ1) is 11.1. The summed E-state index contributed by atoms with van der Waals surface area (Å²) in [4.78, 5) is 0. The van der Waals surface area contributed by atoms with Crippen molar-refractivity contribution in [2.75, 3.05) is 5.32 Å². The van der Waals surface area contributed by atoms with Gasteiger partial charge in [0, 0.05) is 11.6 Å². The van der Waals surface area contributed by atoms with Gasteiger partial charge in [0.2, 0.25) is 16.9 Å². The molecule has 3 rings (SSSR count). The summed E-state index contributed by atoms with van der Waals surface area (Å²) in [6.07, 6.45) is 0. The van der Waals surface area contributed by atoms with Crippen molar-refractivity contribution in [3.63, 3.8) is 0 Å². The zero-order chi connectivity index (χ0) is 16.2. The van der Waals surface area contributed by atoms with Crippen LogP contribution in [0, 0.1) is 6.92 Å². The van der Waals surface area contributed by atoms with Crippen LogP contribution in [0.3, 0.4) is 0 Å². The van der Waals surface area contributed by atoms with Crippen molar-refractivity contribution in [1.82, 2.24) is 20.4 Å². The molecule has 0 saturated carbocycles. The van der Waals surface area contributed by atoms with E-state index in [2.05, 4.69) is 44.8 Å². The van der Waals surface area contributed by atoms with Crippen molar-refractivity contribution < 1.29 is 4.42 Å².